The molecule has 3 rings (SSSR count). The first-order chi connectivity index (χ1) is 8.55. The molecule has 0 bridgehead atoms. The molecule has 1 N–H and O–H groups in total. The minimum atomic E-state index is -0.547. The lowest BCUT2D eigenvalue weighted by atomic mass is 9.90. The van der Waals surface area contributed by atoms with Gasteiger partial charge in [-0.05, 0) is 49.5 Å². The van der Waals surface area contributed by atoms with Gasteiger partial charge in [-0.15, -0.1) is 0 Å². The molecule has 0 amide bonds. The smallest absolute Gasteiger partial charge is 0.246 e. The summed E-state index contributed by atoms with van der Waals surface area (Å²) in [6.45, 7) is 6.06. The molecular weight excluding hydrogens is 294 g/mol. The first kappa shape index (κ1) is 12.3. The Labute approximate surface area is 116 Å². The number of rotatable bonds is 1. The average molecular weight is 312 g/mol. The maximum Gasteiger partial charge on any atom is 0.246 e. The van der Waals surface area contributed by atoms with Crippen LogP contribution in [0, 0.1) is 0 Å². The van der Waals surface area contributed by atoms with Crippen molar-refractivity contribution in [2.45, 2.75) is 38.4 Å². The monoisotopic (exact) mass is 311 g/mol. The molecule has 98 valence electrons. The highest BCUT2D eigenvalue weighted by Crippen LogP contribution is 2.45. The van der Waals surface area contributed by atoms with Gasteiger partial charge in [0, 0.05) is 18.3 Å². The summed E-state index contributed by atoms with van der Waals surface area (Å²) in [4.78, 5) is 0. The Morgan fingerprint density at radius 2 is 1.78 bits per heavy atom. The molecule has 0 aliphatic carbocycles. The third-order valence-electron chi connectivity index (χ3n) is 3.55. The Balaban J connectivity index is 1.93. The molecule has 1 fully saturated rings. The minimum absolute atomic E-state index is 0.547. The highest BCUT2D eigenvalue weighted by Gasteiger charge is 2.33. The number of nitrogens with one attached hydrogen (secondary N) is 1. The summed E-state index contributed by atoms with van der Waals surface area (Å²) in [6.07, 6.45) is 2.36. The Kier molecular flexibility index (Phi) is 3.02. The molecule has 3 nitrogen and oxygen atoms in total. The van der Waals surface area contributed by atoms with E-state index in [4.69, 9.17) is 9.47 Å². The summed E-state index contributed by atoms with van der Waals surface area (Å²) in [7, 11) is 0. The number of hydrogen-bond acceptors (Lipinski definition) is 3. The SMILES string of the molecule is CC1(C)Oc2cc(Br)c(C3CCNCC3)cc2O1. The molecule has 2 aliphatic rings. The third-order valence-corrected chi connectivity index (χ3v) is 4.24. The van der Waals surface area contributed by atoms with Gasteiger partial charge in [0.15, 0.2) is 11.5 Å². The van der Waals surface area contributed by atoms with Gasteiger partial charge in [-0.2, -0.15) is 0 Å². The molecule has 0 unspecified atom stereocenters. The average Bonchev–Trinajstić information content (AvgIpc) is 2.62. The highest BCUT2D eigenvalue weighted by molar-refractivity contribution is 9.10. The quantitative estimate of drug-likeness (QED) is 0.862. The van der Waals surface area contributed by atoms with Gasteiger partial charge in [-0.1, -0.05) is 15.9 Å². The van der Waals surface area contributed by atoms with Crippen LogP contribution in [0.1, 0.15) is 38.2 Å². The van der Waals surface area contributed by atoms with E-state index in [0.29, 0.717) is 5.92 Å². The largest absolute Gasteiger partial charge is 0.449 e. The van der Waals surface area contributed by atoms with Crippen LogP contribution in [0.25, 0.3) is 0 Å². The first-order valence-corrected chi connectivity index (χ1v) is 7.27. The van der Waals surface area contributed by atoms with E-state index in [2.05, 4.69) is 27.3 Å². The summed E-state index contributed by atoms with van der Waals surface area (Å²) in [6, 6.07) is 4.19. The van der Waals surface area contributed by atoms with Gasteiger partial charge in [0.1, 0.15) is 0 Å². The zero-order valence-electron chi connectivity index (χ0n) is 10.8. The lowest BCUT2D eigenvalue weighted by Crippen LogP contribution is -2.29. The predicted octanol–water partition coefficient (Wildman–Crippen LogP) is 3.42. The van der Waals surface area contributed by atoms with Crippen LogP contribution in [0.4, 0.5) is 0 Å². The van der Waals surface area contributed by atoms with E-state index in [1.165, 1.54) is 18.4 Å². The van der Waals surface area contributed by atoms with Gasteiger partial charge in [-0.25, -0.2) is 0 Å². The van der Waals surface area contributed by atoms with Crippen LogP contribution < -0.4 is 14.8 Å². The lowest BCUT2D eigenvalue weighted by Gasteiger charge is -2.24. The van der Waals surface area contributed by atoms with Crippen LogP contribution >= 0.6 is 15.9 Å². The fourth-order valence-electron chi connectivity index (χ4n) is 2.71. The molecule has 0 radical (unpaired) electrons. The molecule has 0 aromatic heterocycles. The normalized spacial score (nSPS) is 22.2. The number of benzene rings is 1. The van der Waals surface area contributed by atoms with E-state index < -0.39 is 5.79 Å². The van der Waals surface area contributed by atoms with Gasteiger partial charge in [0.05, 0.1) is 0 Å². The van der Waals surface area contributed by atoms with Crippen molar-refractivity contribution in [2.24, 2.45) is 0 Å². The van der Waals surface area contributed by atoms with Gasteiger partial charge in [0.25, 0.3) is 0 Å². The van der Waals surface area contributed by atoms with Crippen molar-refractivity contribution in [1.82, 2.24) is 5.32 Å². The zero-order valence-corrected chi connectivity index (χ0v) is 12.3. The molecule has 2 heterocycles. The van der Waals surface area contributed by atoms with Gasteiger partial charge >= 0.3 is 0 Å². The maximum atomic E-state index is 5.82. The second-order valence-electron chi connectivity index (χ2n) is 5.45. The Bertz CT molecular complexity index is 467. The van der Waals surface area contributed by atoms with Crippen molar-refractivity contribution in [1.29, 1.82) is 0 Å². The molecule has 0 spiro atoms. The second-order valence-corrected chi connectivity index (χ2v) is 6.30. The first-order valence-electron chi connectivity index (χ1n) is 6.47. The molecule has 1 aromatic carbocycles. The molecule has 4 heteroatoms. The minimum Gasteiger partial charge on any atom is -0.449 e. The Morgan fingerprint density at radius 1 is 1.17 bits per heavy atom. The van der Waals surface area contributed by atoms with Crippen LogP contribution in [-0.4, -0.2) is 18.9 Å². The van der Waals surface area contributed by atoms with Gasteiger partial charge in [0.2, 0.25) is 5.79 Å². The van der Waals surface area contributed by atoms with Crippen LogP contribution in [0.5, 0.6) is 11.5 Å². The highest BCUT2D eigenvalue weighted by atomic mass is 79.9. The Morgan fingerprint density at radius 3 is 2.44 bits per heavy atom. The third kappa shape index (κ3) is 2.24. The maximum absolute atomic E-state index is 5.82. The molecule has 2 aliphatic heterocycles. The van der Waals surface area contributed by atoms with Crippen molar-refractivity contribution >= 4 is 15.9 Å². The van der Waals surface area contributed by atoms with Crippen LogP contribution in [0.2, 0.25) is 0 Å². The molecule has 0 atom stereocenters. The number of piperidine rings is 1. The van der Waals surface area contributed by atoms with Crippen molar-refractivity contribution in [2.75, 3.05) is 13.1 Å². The van der Waals surface area contributed by atoms with Gasteiger partial charge in [-0.3, -0.25) is 0 Å². The van der Waals surface area contributed by atoms with Crippen molar-refractivity contribution in [3.05, 3.63) is 22.2 Å². The summed E-state index contributed by atoms with van der Waals surface area (Å²) in [5.74, 6) is 1.77. The summed E-state index contributed by atoms with van der Waals surface area (Å²) in [5.41, 5.74) is 1.34. The summed E-state index contributed by atoms with van der Waals surface area (Å²) >= 11 is 3.67. The van der Waals surface area contributed by atoms with Crippen molar-refractivity contribution in [3.8, 4) is 11.5 Å². The number of ether oxygens (including phenoxy) is 2. The van der Waals surface area contributed by atoms with Crippen LogP contribution in [0.15, 0.2) is 16.6 Å². The number of halogens is 1. The zero-order chi connectivity index (χ0) is 12.8. The molecular formula is C14H18BrNO2. The van der Waals surface area contributed by atoms with E-state index >= 15 is 0 Å². The van der Waals surface area contributed by atoms with E-state index in [9.17, 15) is 0 Å². The second kappa shape index (κ2) is 4.42. The van der Waals surface area contributed by atoms with E-state index in [1.807, 2.05) is 19.9 Å². The molecule has 1 saturated heterocycles. The van der Waals surface area contributed by atoms with Crippen LogP contribution in [-0.2, 0) is 0 Å². The fourth-order valence-corrected chi connectivity index (χ4v) is 3.35. The van der Waals surface area contributed by atoms with E-state index in [-0.39, 0.29) is 0 Å². The number of hydrogen-bond donors (Lipinski definition) is 1. The standard InChI is InChI=1S/C14H18BrNO2/c1-14(2)17-12-7-10(9-3-5-16-6-4-9)11(15)8-13(12)18-14/h7-9,16H,3-6H2,1-2H3. The van der Waals surface area contributed by atoms with Crippen LogP contribution in [0.3, 0.4) is 0 Å². The summed E-state index contributed by atoms with van der Waals surface area (Å²) in [5, 5.41) is 3.40. The molecule has 18 heavy (non-hydrogen) atoms. The van der Waals surface area contributed by atoms with E-state index in [0.717, 1.165) is 29.1 Å². The molecule has 0 saturated carbocycles. The van der Waals surface area contributed by atoms with E-state index in [1.54, 1.807) is 0 Å². The molecule has 1 aromatic rings. The van der Waals surface area contributed by atoms with Crippen molar-refractivity contribution < 1.29 is 9.47 Å². The lowest BCUT2D eigenvalue weighted by molar-refractivity contribution is -0.0431. The number of fused-ring (bicyclic) bond motifs is 1. The van der Waals surface area contributed by atoms with Crippen molar-refractivity contribution in [3.63, 3.8) is 0 Å². The predicted molar refractivity (Wildman–Crippen MR) is 74.3 cm³/mol. The summed E-state index contributed by atoms with van der Waals surface area (Å²) < 4.78 is 12.7. The topological polar surface area (TPSA) is 30.5 Å². The Hall–Kier alpha value is -0.740. The van der Waals surface area contributed by atoms with Gasteiger partial charge < -0.3 is 14.8 Å². The fraction of sp³-hybridized carbons (Fsp3) is 0.571.